The van der Waals surface area contributed by atoms with Crippen LogP contribution in [0.15, 0.2) is 34.5 Å². The van der Waals surface area contributed by atoms with Gasteiger partial charge < -0.3 is 4.74 Å². The number of methoxy groups -OCH3 is 1. The van der Waals surface area contributed by atoms with Crippen molar-refractivity contribution in [2.24, 2.45) is 0 Å². The lowest BCUT2D eigenvalue weighted by molar-refractivity contribution is 0.389. The van der Waals surface area contributed by atoms with E-state index in [4.69, 9.17) is 4.74 Å². The number of aryl methyl sites for hydroxylation is 1. The fourth-order valence-electron chi connectivity index (χ4n) is 1.88. The summed E-state index contributed by atoms with van der Waals surface area (Å²) in [5.41, 5.74) is 0.0861. The number of hydrogen-bond acceptors (Lipinski definition) is 4. The molecule has 0 saturated carbocycles. The highest BCUT2D eigenvalue weighted by Crippen LogP contribution is 2.31. The summed E-state index contributed by atoms with van der Waals surface area (Å²) in [4.78, 5) is 1.00. The topological polar surface area (TPSA) is 55.4 Å². The Morgan fingerprint density at radius 3 is 2.71 bits per heavy atom. The van der Waals surface area contributed by atoms with Crippen LogP contribution in [0.3, 0.4) is 0 Å². The molecule has 21 heavy (non-hydrogen) atoms. The number of nitrogens with one attached hydrogen (secondary N) is 1. The van der Waals surface area contributed by atoms with Gasteiger partial charge in [0, 0.05) is 4.88 Å². The highest BCUT2D eigenvalue weighted by Gasteiger charge is 2.20. The van der Waals surface area contributed by atoms with Crippen molar-refractivity contribution < 1.29 is 17.5 Å². The molecule has 0 bridgehead atoms. The average molecular weight is 329 g/mol. The molecule has 0 aliphatic heterocycles. The monoisotopic (exact) mass is 329 g/mol. The van der Waals surface area contributed by atoms with Crippen molar-refractivity contribution in [1.29, 1.82) is 0 Å². The number of halogens is 1. The van der Waals surface area contributed by atoms with E-state index in [0.29, 0.717) is 0 Å². The van der Waals surface area contributed by atoms with Crippen LogP contribution in [0.25, 0.3) is 0 Å². The van der Waals surface area contributed by atoms with E-state index in [1.807, 2.05) is 6.92 Å². The second-order valence-corrected chi connectivity index (χ2v) is 7.47. The van der Waals surface area contributed by atoms with Crippen molar-refractivity contribution in [2.45, 2.75) is 24.0 Å². The van der Waals surface area contributed by atoms with Gasteiger partial charge in [-0.25, -0.2) is 12.8 Å². The summed E-state index contributed by atoms with van der Waals surface area (Å²) in [7, 11) is -2.45. The number of hydrogen-bond donors (Lipinski definition) is 1. The minimum absolute atomic E-state index is 0.0861. The zero-order valence-electron chi connectivity index (χ0n) is 11.7. The molecular weight excluding hydrogens is 313 g/mol. The van der Waals surface area contributed by atoms with Gasteiger partial charge in [0.05, 0.1) is 12.8 Å². The van der Waals surface area contributed by atoms with Crippen LogP contribution in [0.2, 0.25) is 0 Å². The van der Waals surface area contributed by atoms with Crippen LogP contribution in [0.4, 0.5) is 10.1 Å². The van der Waals surface area contributed by atoms with Gasteiger partial charge in [-0.3, -0.25) is 4.72 Å². The summed E-state index contributed by atoms with van der Waals surface area (Å²) in [6.45, 7) is 2.03. The first-order valence-corrected chi connectivity index (χ1v) is 8.72. The molecule has 0 radical (unpaired) electrons. The Bertz CT molecular complexity index is 726. The fourth-order valence-corrected chi connectivity index (χ4v) is 4.39. The summed E-state index contributed by atoms with van der Waals surface area (Å²) in [5.74, 6) is -0.734. The molecule has 0 spiro atoms. The predicted molar refractivity (Wildman–Crippen MR) is 82.1 cm³/mol. The number of benzene rings is 1. The fraction of sp³-hybridized carbons (Fsp3) is 0.286. The molecule has 2 aromatic rings. The smallest absolute Gasteiger partial charge is 0.271 e. The summed E-state index contributed by atoms with van der Waals surface area (Å²) >= 11 is 1.22. The molecule has 0 atom stereocenters. The molecule has 0 amide bonds. The van der Waals surface area contributed by atoms with Crippen LogP contribution in [-0.2, 0) is 16.4 Å². The maximum absolute atomic E-state index is 13.6. The number of rotatable bonds is 6. The van der Waals surface area contributed by atoms with E-state index in [1.54, 1.807) is 12.1 Å². The number of ether oxygens (including phenoxy) is 1. The SMILES string of the molecule is CCCc1ccc(S(=O)(=O)Nc2cccc(F)c2OC)s1. The lowest BCUT2D eigenvalue weighted by Crippen LogP contribution is -2.12. The molecule has 1 N–H and O–H groups in total. The lowest BCUT2D eigenvalue weighted by Gasteiger charge is -2.11. The maximum atomic E-state index is 13.6. The van der Waals surface area contributed by atoms with Crippen LogP contribution >= 0.6 is 11.3 Å². The zero-order chi connectivity index (χ0) is 15.5. The third kappa shape index (κ3) is 3.54. The van der Waals surface area contributed by atoms with Gasteiger partial charge >= 0.3 is 0 Å². The molecule has 4 nitrogen and oxygen atoms in total. The van der Waals surface area contributed by atoms with Crippen molar-refractivity contribution in [3.63, 3.8) is 0 Å². The quantitative estimate of drug-likeness (QED) is 0.880. The number of para-hydroxylation sites is 1. The van der Waals surface area contributed by atoms with Gasteiger partial charge in [-0.1, -0.05) is 19.4 Å². The molecule has 1 heterocycles. The van der Waals surface area contributed by atoms with Crippen molar-refractivity contribution >= 4 is 27.0 Å². The van der Waals surface area contributed by atoms with Crippen LogP contribution in [-0.4, -0.2) is 15.5 Å². The van der Waals surface area contributed by atoms with E-state index in [0.717, 1.165) is 17.7 Å². The van der Waals surface area contributed by atoms with E-state index in [9.17, 15) is 12.8 Å². The maximum Gasteiger partial charge on any atom is 0.271 e. The van der Waals surface area contributed by atoms with Crippen molar-refractivity contribution in [3.05, 3.63) is 41.0 Å². The van der Waals surface area contributed by atoms with E-state index < -0.39 is 15.8 Å². The van der Waals surface area contributed by atoms with E-state index in [1.165, 1.54) is 36.6 Å². The standard InChI is InChI=1S/C14H16FNO3S2/c1-3-5-10-8-9-13(20-10)21(17,18)16-12-7-4-6-11(15)14(12)19-2/h4,6-9,16H,3,5H2,1-2H3. The second-order valence-electron chi connectivity index (χ2n) is 4.40. The third-order valence-corrected chi connectivity index (χ3v) is 5.82. The normalized spacial score (nSPS) is 11.4. The number of sulfonamides is 1. The van der Waals surface area contributed by atoms with Crippen molar-refractivity contribution in [2.75, 3.05) is 11.8 Å². The molecule has 2 rings (SSSR count). The molecule has 0 unspecified atom stereocenters. The van der Waals surface area contributed by atoms with E-state index in [-0.39, 0.29) is 15.6 Å². The van der Waals surface area contributed by atoms with Gasteiger partial charge in [0.15, 0.2) is 11.6 Å². The Labute approximate surface area is 127 Å². The first-order chi connectivity index (χ1) is 9.97. The number of anilines is 1. The lowest BCUT2D eigenvalue weighted by atomic mass is 10.3. The summed E-state index contributed by atoms with van der Waals surface area (Å²) in [5, 5.41) is 0. The van der Waals surface area contributed by atoms with Gasteiger partial charge in [-0.2, -0.15) is 0 Å². The van der Waals surface area contributed by atoms with E-state index >= 15 is 0 Å². The van der Waals surface area contributed by atoms with E-state index in [2.05, 4.69) is 4.72 Å². The Kier molecular flexibility index (Phi) is 4.84. The van der Waals surface area contributed by atoms with Gasteiger partial charge in [0.25, 0.3) is 10.0 Å². The Morgan fingerprint density at radius 2 is 2.05 bits per heavy atom. The molecule has 0 aliphatic carbocycles. The molecule has 1 aromatic carbocycles. The molecule has 7 heteroatoms. The minimum Gasteiger partial charge on any atom is -0.492 e. The van der Waals surface area contributed by atoms with Gasteiger partial charge in [-0.15, -0.1) is 11.3 Å². The first-order valence-electron chi connectivity index (χ1n) is 6.42. The molecular formula is C14H16FNO3S2. The zero-order valence-corrected chi connectivity index (χ0v) is 13.4. The highest BCUT2D eigenvalue weighted by molar-refractivity contribution is 7.94. The van der Waals surface area contributed by atoms with Crippen LogP contribution in [0.5, 0.6) is 5.75 Å². The van der Waals surface area contributed by atoms with Crippen LogP contribution in [0.1, 0.15) is 18.2 Å². The largest absolute Gasteiger partial charge is 0.492 e. The average Bonchev–Trinajstić information content (AvgIpc) is 2.88. The Balaban J connectivity index is 2.31. The molecule has 0 saturated heterocycles. The molecule has 114 valence electrons. The van der Waals surface area contributed by atoms with Crippen molar-refractivity contribution in [1.82, 2.24) is 0 Å². The third-order valence-electron chi connectivity index (χ3n) is 2.81. The van der Waals surface area contributed by atoms with Gasteiger partial charge in [-0.05, 0) is 30.7 Å². The van der Waals surface area contributed by atoms with Gasteiger partial charge in [0.2, 0.25) is 0 Å². The number of thiophene rings is 1. The second kappa shape index (κ2) is 6.44. The first kappa shape index (κ1) is 15.8. The van der Waals surface area contributed by atoms with Crippen LogP contribution in [0, 0.1) is 5.82 Å². The Morgan fingerprint density at radius 1 is 1.29 bits per heavy atom. The Hall–Kier alpha value is -1.60. The summed E-state index contributed by atoms with van der Waals surface area (Å²) in [6.07, 6.45) is 1.79. The molecule has 0 fully saturated rings. The molecule has 1 aromatic heterocycles. The van der Waals surface area contributed by atoms with Crippen molar-refractivity contribution in [3.8, 4) is 5.75 Å². The summed E-state index contributed by atoms with van der Waals surface area (Å²) < 4.78 is 45.7. The summed E-state index contributed by atoms with van der Waals surface area (Å²) in [6, 6.07) is 7.45. The predicted octanol–water partition coefficient (Wildman–Crippen LogP) is 3.65. The molecule has 0 aliphatic rings. The highest BCUT2D eigenvalue weighted by atomic mass is 32.2. The van der Waals surface area contributed by atoms with Crippen LogP contribution < -0.4 is 9.46 Å². The minimum atomic E-state index is -3.74. The van der Waals surface area contributed by atoms with Gasteiger partial charge in [0.1, 0.15) is 4.21 Å².